The van der Waals surface area contributed by atoms with Crippen molar-refractivity contribution in [1.82, 2.24) is 5.32 Å². The van der Waals surface area contributed by atoms with Gasteiger partial charge in [0.25, 0.3) is 5.91 Å². The van der Waals surface area contributed by atoms with Gasteiger partial charge in [-0.25, -0.2) is 4.79 Å². The standard InChI is InChI=1S/C16H21NO4/c1-10-5-4-6-14(9-10)20-12(3)16(19)21-11(2)15(18)17-13-7-8-13/h4-6,9,11-13H,7-8H2,1-3H3,(H,17,18)/t11-,12-/m0/s1. The summed E-state index contributed by atoms with van der Waals surface area (Å²) >= 11 is 0. The highest BCUT2D eigenvalue weighted by molar-refractivity contribution is 5.84. The summed E-state index contributed by atoms with van der Waals surface area (Å²) in [5.74, 6) is -0.196. The van der Waals surface area contributed by atoms with E-state index in [0.29, 0.717) is 5.75 Å². The summed E-state index contributed by atoms with van der Waals surface area (Å²) in [4.78, 5) is 23.6. The van der Waals surface area contributed by atoms with Gasteiger partial charge in [0, 0.05) is 6.04 Å². The minimum Gasteiger partial charge on any atom is -0.479 e. The minimum absolute atomic E-state index is 0.250. The third-order valence-corrected chi connectivity index (χ3v) is 3.22. The van der Waals surface area contributed by atoms with E-state index in [1.54, 1.807) is 19.9 Å². The van der Waals surface area contributed by atoms with Crippen LogP contribution in [0.25, 0.3) is 0 Å². The van der Waals surface area contributed by atoms with Crippen molar-refractivity contribution < 1.29 is 19.1 Å². The van der Waals surface area contributed by atoms with Crippen LogP contribution in [0.5, 0.6) is 5.75 Å². The summed E-state index contributed by atoms with van der Waals surface area (Å²) in [5.41, 5.74) is 1.05. The Labute approximate surface area is 124 Å². The highest BCUT2D eigenvalue weighted by Gasteiger charge is 2.28. The van der Waals surface area contributed by atoms with E-state index in [0.717, 1.165) is 18.4 Å². The molecule has 21 heavy (non-hydrogen) atoms. The first kappa shape index (κ1) is 15.4. The molecule has 0 radical (unpaired) electrons. The zero-order valence-electron chi connectivity index (χ0n) is 12.6. The molecule has 1 aliphatic rings. The second-order valence-electron chi connectivity index (χ2n) is 5.44. The minimum atomic E-state index is -0.804. The summed E-state index contributed by atoms with van der Waals surface area (Å²) in [5, 5.41) is 2.80. The first-order valence-corrected chi connectivity index (χ1v) is 7.20. The highest BCUT2D eigenvalue weighted by atomic mass is 16.6. The van der Waals surface area contributed by atoms with Crippen LogP contribution in [0.4, 0.5) is 0 Å². The summed E-state index contributed by atoms with van der Waals surface area (Å²) < 4.78 is 10.7. The molecule has 5 nitrogen and oxygen atoms in total. The molecule has 2 rings (SSSR count). The number of ether oxygens (including phenoxy) is 2. The average molecular weight is 291 g/mol. The third kappa shape index (κ3) is 4.77. The lowest BCUT2D eigenvalue weighted by molar-refractivity contribution is -0.160. The highest BCUT2D eigenvalue weighted by Crippen LogP contribution is 2.19. The molecular formula is C16H21NO4. The first-order valence-electron chi connectivity index (χ1n) is 7.20. The molecule has 1 aliphatic carbocycles. The monoisotopic (exact) mass is 291 g/mol. The second-order valence-corrected chi connectivity index (χ2v) is 5.44. The Balaban J connectivity index is 1.82. The van der Waals surface area contributed by atoms with Gasteiger partial charge in [-0.2, -0.15) is 0 Å². The largest absolute Gasteiger partial charge is 0.479 e. The van der Waals surface area contributed by atoms with Crippen molar-refractivity contribution >= 4 is 11.9 Å². The first-order chi connectivity index (χ1) is 9.95. The molecule has 0 aliphatic heterocycles. The quantitative estimate of drug-likeness (QED) is 0.814. The van der Waals surface area contributed by atoms with Gasteiger partial charge in [-0.05, 0) is 51.3 Å². The number of amides is 1. The molecule has 0 saturated heterocycles. The molecule has 1 amide bonds. The third-order valence-electron chi connectivity index (χ3n) is 3.22. The predicted octanol–water partition coefficient (Wildman–Crippen LogP) is 1.97. The number of hydrogen-bond donors (Lipinski definition) is 1. The average Bonchev–Trinajstić information content (AvgIpc) is 3.22. The maximum atomic E-state index is 11.9. The number of benzene rings is 1. The molecule has 0 unspecified atom stereocenters. The number of hydrogen-bond acceptors (Lipinski definition) is 4. The number of carbonyl (C=O) groups excluding carboxylic acids is 2. The van der Waals surface area contributed by atoms with Gasteiger partial charge in [0.2, 0.25) is 0 Å². The van der Waals surface area contributed by atoms with Gasteiger partial charge in [0.05, 0.1) is 0 Å². The topological polar surface area (TPSA) is 64.6 Å². The lowest BCUT2D eigenvalue weighted by atomic mass is 10.2. The summed E-state index contributed by atoms with van der Waals surface area (Å²) in [7, 11) is 0. The molecule has 1 N–H and O–H groups in total. The lowest BCUT2D eigenvalue weighted by Gasteiger charge is -2.17. The summed E-state index contributed by atoms with van der Waals surface area (Å²) in [6, 6.07) is 7.67. The van der Waals surface area contributed by atoms with Crippen molar-refractivity contribution in [2.75, 3.05) is 0 Å². The van der Waals surface area contributed by atoms with Crippen molar-refractivity contribution in [3.05, 3.63) is 29.8 Å². The number of nitrogens with one attached hydrogen (secondary N) is 1. The Hall–Kier alpha value is -2.04. The maximum absolute atomic E-state index is 11.9. The molecule has 1 saturated carbocycles. The predicted molar refractivity (Wildman–Crippen MR) is 78.0 cm³/mol. The van der Waals surface area contributed by atoms with Crippen LogP contribution in [-0.4, -0.2) is 30.1 Å². The van der Waals surface area contributed by atoms with Crippen molar-refractivity contribution in [2.24, 2.45) is 0 Å². The van der Waals surface area contributed by atoms with Gasteiger partial charge < -0.3 is 14.8 Å². The summed E-state index contributed by atoms with van der Waals surface area (Å²) in [6.07, 6.45) is 0.433. The molecule has 2 atom stereocenters. The van der Waals surface area contributed by atoms with Crippen LogP contribution in [0.1, 0.15) is 32.3 Å². The fourth-order valence-electron chi connectivity index (χ4n) is 1.81. The van der Waals surface area contributed by atoms with E-state index in [2.05, 4.69) is 5.32 Å². The molecule has 0 aromatic heterocycles. The Morgan fingerprint density at radius 2 is 1.95 bits per heavy atom. The van der Waals surface area contributed by atoms with Crippen LogP contribution in [0.15, 0.2) is 24.3 Å². The molecule has 1 fully saturated rings. The van der Waals surface area contributed by atoms with E-state index in [1.807, 2.05) is 25.1 Å². The summed E-state index contributed by atoms with van der Waals surface area (Å²) in [6.45, 7) is 5.12. The van der Waals surface area contributed by atoms with Gasteiger partial charge >= 0.3 is 5.97 Å². The number of aryl methyl sites for hydroxylation is 1. The van der Waals surface area contributed by atoms with E-state index in [9.17, 15) is 9.59 Å². The van der Waals surface area contributed by atoms with E-state index in [4.69, 9.17) is 9.47 Å². The zero-order valence-corrected chi connectivity index (χ0v) is 12.6. The second kappa shape index (κ2) is 6.61. The van der Waals surface area contributed by atoms with E-state index >= 15 is 0 Å². The maximum Gasteiger partial charge on any atom is 0.347 e. The number of rotatable bonds is 6. The molecule has 5 heteroatoms. The smallest absolute Gasteiger partial charge is 0.347 e. The lowest BCUT2D eigenvalue weighted by Crippen LogP contribution is -2.39. The van der Waals surface area contributed by atoms with Gasteiger partial charge in [0.15, 0.2) is 12.2 Å². The SMILES string of the molecule is Cc1cccc(O[C@@H](C)C(=O)O[C@@H](C)C(=O)NC2CC2)c1. The van der Waals surface area contributed by atoms with Crippen LogP contribution >= 0.6 is 0 Å². The van der Waals surface area contributed by atoms with Crippen LogP contribution < -0.4 is 10.1 Å². The fourth-order valence-corrected chi connectivity index (χ4v) is 1.81. The van der Waals surface area contributed by atoms with Crippen molar-refractivity contribution in [3.8, 4) is 5.75 Å². The number of carbonyl (C=O) groups is 2. The van der Waals surface area contributed by atoms with Crippen LogP contribution in [0, 0.1) is 6.92 Å². The number of esters is 1. The molecule has 0 heterocycles. The van der Waals surface area contributed by atoms with Crippen LogP contribution in [0.2, 0.25) is 0 Å². The van der Waals surface area contributed by atoms with E-state index in [1.165, 1.54) is 0 Å². The Kier molecular flexibility index (Phi) is 4.83. The van der Waals surface area contributed by atoms with Crippen molar-refractivity contribution in [1.29, 1.82) is 0 Å². The van der Waals surface area contributed by atoms with Crippen LogP contribution in [0.3, 0.4) is 0 Å². The van der Waals surface area contributed by atoms with Gasteiger partial charge in [-0.15, -0.1) is 0 Å². The van der Waals surface area contributed by atoms with Gasteiger partial charge in [0.1, 0.15) is 5.75 Å². The zero-order chi connectivity index (χ0) is 15.4. The molecule has 0 spiro atoms. The van der Waals surface area contributed by atoms with Gasteiger partial charge in [-0.1, -0.05) is 12.1 Å². The molecule has 1 aromatic rings. The van der Waals surface area contributed by atoms with Crippen molar-refractivity contribution in [3.63, 3.8) is 0 Å². The van der Waals surface area contributed by atoms with E-state index in [-0.39, 0.29) is 11.9 Å². The fraction of sp³-hybridized carbons (Fsp3) is 0.500. The normalized spacial score (nSPS) is 16.7. The molecule has 114 valence electrons. The molecular weight excluding hydrogens is 270 g/mol. The molecule has 1 aromatic carbocycles. The Morgan fingerprint density at radius 3 is 2.57 bits per heavy atom. The van der Waals surface area contributed by atoms with Crippen LogP contribution in [-0.2, 0) is 14.3 Å². The molecule has 0 bridgehead atoms. The Morgan fingerprint density at radius 1 is 1.24 bits per heavy atom. The van der Waals surface area contributed by atoms with Crippen molar-refractivity contribution in [2.45, 2.75) is 51.9 Å². The van der Waals surface area contributed by atoms with Gasteiger partial charge in [-0.3, -0.25) is 4.79 Å². The Bertz CT molecular complexity index is 525. The van der Waals surface area contributed by atoms with E-state index < -0.39 is 18.2 Å².